The molecular weight excluding hydrogens is 284 g/mol. The number of rotatable bonds is 4. The van der Waals surface area contributed by atoms with Gasteiger partial charge in [-0.3, -0.25) is 9.59 Å². The van der Waals surface area contributed by atoms with Crippen LogP contribution in [0.5, 0.6) is 0 Å². The lowest BCUT2D eigenvalue weighted by Gasteiger charge is -2.30. The summed E-state index contributed by atoms with van der Waals surface area (Å²) in [4.78, 5) is 36.3. The third-order valence-corrected chi connectivity index (χ3v) is 5.30. The molecule has 0 saturated carbocycles. The van der Waals surface area contributed by atoms with E-state index >= 15 is 0 Å². The van der Waals surface area contributed by atoms with Crippen molar-refractivity contribution >= 4 is 29.5 Å². The number of carbonyl (C=O) groups is 3. The van der Waals surface area contributed by atoms with E-state index in [1.807, 2.05) is 6.92 Å². The zero-order valence-electron chi connectivity index (χ0n) is 11.3. The number of hydrogen-bond acceptors (Lipinski definition) is 5. The summed E-state index contributed by atoms with van der Waals surface area (Å²) in [5.41, 5.74) is 0. The van der Waals surface area contributed by atoms with Gasteiger partial charge in [-0.15, -0.1) is 11.8 Å². The zero-order valence-corrected chi connectivity index (χ0v) is 12.1. The van der Waals surface area contributed by atoms with Crippen LogP contribution in [0, 0.1) is 0 Å². The van der Waals surface area contributed by atoms with E-state index in [0.717, 1.165) is 0 Å². The molecule has 0 aliphatic carbocycles. The Morgan fingerprint density at radius 2 is 2.20 bits per heavy atom. The molecule has 2 fully saturated rings. The number of amides is 2. The van der Waals surface area contributed by atoms with Crippen molar-refractivity contribution in [3.8, 4) is 0 Å². The lowest BCUT2D eigenvalue weighted by molar-refractivity contribution is -0.146. The molecule has 112 valence electrons. The number of carboxylic acid groups (broad SMARTS) is 1. The van der Waals surface area contributed by atoms with E-state index in [4.69, 9.17) is 5.11 Å². The fourth-order valence-corrected chi connectivity index (χ4v) is 4.08. The van der Waals surface area contributed by atoms with Gasteiger partial charge >= 0.3 is 5.97 Å². The third-order valence-electron chi connectivity index (χ3n) is 3.79. The number of thioether (sulfide) groups is 1. The van der Waals surface area contributed by atoms with Gasteiger partial charge in [0.15, 0.2) is 6.04 Å². The Kier molecular flexibility index (Phi) is 3.97. The number of nitrogens with one attached hydrogen (secondary N) is 1. The fourth-order valence-electron chi connectivity index (χ4n) is 2.65. The summed E-state index contributed by atoms with van der Waals surface area (Å²) in [5.74, 6) is -1.46. The summed E-state index contributed by atoms with van der Waals surface area (Å²) >= 11 is 1.53. The Hall–Kier alpha value is -1.28. The van der Waals surface area contributed by atoms with Gasteiger partial charge in [-0.1, -0.05) is 0 Å². The molecular formula is C12H18N2O5S. The molecule has 3 N–H and O–H groups in total. The summed E-state index contributed by atoms with van der Waals surface area (Å²) in [6.45, 7) is 3.22. The van der Waals surface area contributed by atoms with Crippen molar-refractivity contribution in [1.29, 1.82) is 0 Å². The molecule has 2 aliphatic heterocycles. The van der Waals surface area contributed by atoms with Gasteiger partial charge in [0.05, 0.1) is 11.0 Å². The minimum atomic E-state index is -1.36. The van der Waals surface area contributed by atoms with Gasteiger partial charge in [0.25, 0.3) is 0 Å². The summed E-state index contributed by atoms with van der Waals surface area (Å²) in [5, 5.41) is 20.7. The Morgan fingerprint density at radius 1 is 1.55 bits per heavy atom. The van der Waals surface area contributed by atoms with E-state index in [0.29, 0.717) is 18.6 Å². The van der Waals surface area contributed by atoms with E-state index in [9.17, 15) is 19.5 Å². The topological polar surface area (TPSA) is 107 Å². The van der Waals surface area contributed by atoms with Crippen LogP contribution in [-0.4, -0.2) is 61.7 Å². The quantitative estimate of drug-likeness (QED) is 0.639. The minimum Gasteiger partial charge on any atom is -0.480 e. The second-order valence-electron chi connectivity index (χ2n) is 5.33. The number of carbonyl (C=O) groups excluding carboxylic acids is 2. The number of aliphatic hydroxyl groups is 1. The summed E-state index contributed by atoms with van der Waals surface area (Å²) in [6.07, 6.45) is -0.100. The lowest BCUT2D eigenvalue weighted by Crippen LogP contribution is -2.56. The van der Waals surface area contributed by atoms with E-state index in [2.05, 4.69) is 5.32 Å². The molecule has 7 nitrogen and oxygen atoms in total. The molecule has 0 spiro atoms. The van der Waals surface area contributed by atoms with Crippen molar-refractivity contribution in [2.45, 2.75) is 49.7 Å². The smallest absolute Gasteiger partial charge is 0.328 e. The highest BCUT2D eigenvalue weighted by Gasteiger charge is 2.53. The molecule has 0 bridgehead atoms. The normalized spacial score (nSPS) is 31.9. The second kappa shape index (κ2) is 5.25. The summed E-state index contributed by atoms with van der Waals surface area (Å²) in [7, 11) is 0. The van der Waals surface area contributed by atoms with Gasteiger partial charge < -0.3 is 20.4 Å². The highest BCUT2D eigenvalue weighted by molar-refractivity contribution is 8.01. The van der Waals surface area contributed by atoms with Crippen LogP contribution in [0.25, 0.3) is 0 Å². The van der Waals surface area contributed by atoms with E-state index in [1.165, 1.54) is 18.7 Å². The monoisotopic (exact) mass is 302 g/mol. The van der Waals surface area contributed by atoms with Crippen LogP contribution in [-0.2, 0) is 14.4 Å². The van der Waals surface area contributed by atoms with Gasteiger partial charge in [0.2, 0.25) is 11.8 Å². The van der Waals surface area contributed by atoms with E-state index < -0.39 is 30.1 Å². The fraction of sp³-hybridized carbons (Fsp3) is 0.750. The molecule has 2 amide bonds. The molecule has 0 aromatic heterocycles. The van der Waals surface area contributed by atoms with Crippen LogP contribution in [0.4, 0.5) is 0 Å². The summed E-state index contributed by atoms with van der Waals surface area (Å²) in [6, 6.07) is -2.03. The van der Waals surface area contributed by atoms with E-state index in [-0.39, 0.29) is 10.8 Å². The van der Waals surface area contributed by atoms with Gasteiger partial charge in [-0.05, 0) is 20.3 Å². The Labute approximate surface area is 120 Å². The van der Waals surface area contributed by atoms with Crippen LogP contribution in [0.1, 0.15) is 26.7 Å². The Balaban J connectivity index is 2.10. The van der Waals surface area contributed by atoms with Crippen molar-refractivity contribution in [3.05, 3.63) is 0 Å². The lowest BCUT2D eigenvalue weighted by atomic mass is 10.1. The van der Waals surface area contributed by atoms with Gasteiger partial charge in [-0.2, -0.15) is 0 Å². The molecule has 2 aliphatic rings. The summed E-state index contributed by atoms with van der Waals surface area (Å²) < 4.78 is 0. The number of nitrogens with zero attached hydrogens (tertiary/aromatic N) is 1. The zero-order chi connectivity index (χ0) is 15.1. The predicted molar refractivity (Wildman–Crippen MR) is 72.0 cm³/mol. The first kappa shape index (κ1) is 15.1. The molecule has 4 unspecified atom stereocenters. The number of aliphatic carboxylic acids is 1. The highest BCUT2D eigenvalue weighted by atomic mass is 32.2. The average Bonchev–Trinajstić information content (AvgIpc) is 2.83. The molecule has 20 heavy (non-hydrogen) atoms. The number of fused-ring (bicyclic) bond motifs is 1. The third kappa shape index (κ3) is 2.49. The van der Waals surface area contributed by atoms with E-state index in [1.54, 1.807) is 4.90 Å². The SMILES string of the molecule is CC(O)C(NC(=O)C1CSC2(C)CCC(=O)N12)C(=O)O. The number of hydrogen-bond donors (Lipinski definition) is 3. The first-order valence-corrected chi connectivity index (χ1v) is 7.42. The standard InChI is InChI=1S/C12H18N2O5S/c1-6(15)9(11(18)19)13-10(17)7-5-20-12(2)4-3-8(16)14(7)12/h6-7,9,15H,3-5H2,1-2H3,(H,13,17)(H,18,19). The molecule has 4 atom stereocenters. The largest absolute Gasteiger partial charge is 0.480 e. The molecule has 2 heterocycles. The van der Waals surface area contributed by atoms with Crippen LogP contribution in [0.15, 0.2) is 0 Å². The predicted octanol–water partition coefficient (Wildman–Crippen LogP) is -0.609. The Morgan fingerprint density at radius 3 is 2.75 bits per heavy atom. The van der Waals surface area contributed by atoms with Crippen molar-refractivity contribution in [3.63, 3.8) is 0 Å². The van der Waals surface area contributed by atoms with Crippen molar-refractivity contribution < 1.29 is 24.6 Å². The average molecular weight is 302 g/mol. The van der Waals surface area contributed by atoms with Crippen LogP contribution in [0.3, 0.4) is 0 Å². The van der Waals surface area contributed by atoms with Crippen molar-refractivity contribution in [2.24, 2.45) is 0 Å². The maximum Gasteiger partial charge on any atom is 0.328 e. The molecule has 0 aromatic rings. The van der Waals surface area contributed by atoms with Crippen molar-refractivity contribution in [2.75, 3.05) is 5.75 Å². The highest BCUT2D eigenvalue weighted by Crippen LogP contribution is 2.47. The van der Waals surface area contributed by atoms with Gasteiger partial charge in [0.1, 0.15) is 6.04 Å². The second-order valence-corrected chi connectivity index (χ2v) is 6.83. The van der Waals surface area contributed by atoms with Crippen LogP contribution >= 0.6 is 11.8 Å². The Bertz CT molecular complexity index is 455. The van der Waals surface area contributed by atoms with Gasteiger partial charge in [0, 0.05) is 12.2 Å². The van der Waals surface area contributed by atoms with Crippen LogP contribution in [0.2, 0.25) is 0 Å². The minimum absolute atomic E-state index is 0.0819. The maximum absolute atomic E-state index is 12.2. The van der Waals surface area contributed by atoms with Crippen molar-refractivity contribution in [1.82, 2.24) is 10.2 Å². The molecule has 0 radical (unpaired) electrons. The first-order valence-electron chi connectivity index (χ1n) is 6.43. The molecule has 0 aromatic carbocycles. The molecule has 2 rings (SSSR count). The number of carboxylic acids is 1. The molecule has 8 heteroatoms. The number of aliphatic hydroxyl groups excluding tert-OH is 1. The first-order chi connectivity index (χ1) is 9.26. The maximum atomic E-state index is 12.2. The van der Waals surface area contributed by atoms with Crippen LogP contribution < -0.4 is 5.32 Å². The van der Waals surface area contributed by atoms with Gasteiger partial charge in [-0.25, -0.2) is 4.79 Å². The molecule has 2 saturated heterocycles.